The Hall–Kier alpha value is -9.38. The van der Waals surface area contributed by atoms with Crippen molar-refractivity contribution in [2.45, 2.75) is 11.6 Å². The van der Waals surface area contributed by atoms with Crippen LogP contribution in [0.4, 0.5) is 0 Å². The highest BCUT2D eigenvalue weighted by Gasteiger charge is 2.51. The summed E-state index contributed by atoms with van der Waals surface area (Å²) in [7, 11) is 0. The summed E-state index contributed by atoms with van der Waals surface area (Å²) in [5.74, 6) is 1.49. The number of para-hydroxylation sites is 3. The second-order valence-corrected chi connectivity index (χ2v) is 19.2. The number of rotatable bonds is 6. The summed E-state index contributed by atoms with van der Waals surface area (Å²) in [4.78, 5) is 10.5. The molecule has 0 saturated carbocycles. The molecule has 1 aliphatic carbocycles. The average Bonchev–Trinajstić information content (AvgIpc) is 3.95. The normalized spacial score (nSPS) is 16.2. The number of aromatic nitrogens is 1. The van der Waals surface area contributed by atoms with E-state index >= 15 is 0 Å². The molecule has 72 heavy (non-hydrogen) atoms. The van der Waals surface area contributed by atoms with E-state index < -0.39 is 5.41 Å². The standard InChI is InChI=1S/C68H44N4/c1-3-16-43(17-4-1)44-30-34-48(35-31-44)66-69-65(47-19-5-2-6-20-47)70-67(71-66)49-36-32-46(33-37-49)63-51-21-8-7-18-45(51)38-40-52(63)50-39-41-54-53-22-9-11-25-57(53)68(60(54)42-50)58-26-12-14-29-62(58)72-61-28-13-10-23-55(61)56-24-15-27-59(68)64(56)72/h1-42,65H,(H,69,70,71). The summed E-state index contributed by atoms with van der Waals surface area (Å²) >= 11 is 0. The summed E-state index contributed by atoms with van der Waals surface area (Å²) in [6.07, 6.45) is -0.299. The third-order valence-corrected chi connectivity index (χ3v) is 15.5. The summed E-state index contributed by atoms with van der Waals surface area (Å²) < 4.78 is 2.52. The Labute approximate surface area is 417 Å². The van der Waals surface area contributed by atoms with Crippen LogP contribution in [0, 0.1) is 0 Å². The molecule has 12 aromatic rings. The third kappa shape index (κ3) is 5.93. The number of fused-ring (bicyclic) bond motifs is 13. The first-order valence-corrected chi connectivity index (χ1v) is 24.8. The van der Waals surface area contributed by atoms with Gasteiger partial charge in [0, 0.05) is 21.9 Å². The van der Waals surface area contributed by atoms with Crippen molar-refractivity contribution in [2.24, 2.45) is 9.98 Å². The highest BCUT2D eigenvalue weighted by Crippen LogP contribution is 2.61. The lowest BCUT2D eigenvalue weighted by Gasteiger charge is -2.39. The van der Waals surface area contributed by atoms with Crippen LogP contribution in [-0.2, 0) is 5.41 Å². The molecule has 1 spiro atoms. The minimum atomic E-state index is -0.544. The SMILES string of the molecule is c1ccc(-c2ccc(C3=NC(c4ccc(-c5c(-c6ccc7c(c6)C6(c8ccccc8-7)c7ccccc7-n7c8ccccc8c8cccc6c87)ccc6ccccc56)cc4)=NC(c4ccccc4)N3)cc2)cc1. The van der Waals surface area contributed by atoms with Crippen LogP contribution in [0.5, 0.6) is 0 Å². The summed E-state index contributed by atoms with van der Waals surface area (Å²) in [6.45, 7) is 0. The van der Waals surface area contributed by atoms with E-state index in [-0.39, 0.29) is 6.17 Å². The molecule has 0 saturated heterocycles. The van der Waals surface area contributed by atoms with Crippen LogP contribution in [0.2, 0.25) is 0 Å². The number of amidine groups is 2. The maximum Gasteiger partial charge on any atom is 0.159 e. The molecule has 3 heterocycles. The molecule has 11 aromatic carbocycles. The van der Waals surface area contributed by atoms with Gasteiger partial charge in [-0.25, -0.2) is 9.98 Å². The van der Waals surface area contributed by atoms with Crippen molar-refractivity contribution in [1.29, 1.82) is 0 Å². The van der Waals surface area contributed by atoms with Gasteiger partial charge in [0.15, 0.2) is 5.84 Å². The molecule has 3 aliphatic rings. The van der Waals surface area contributed by atoms with E-state index in [4.69, 9.17) is 9.98 Å². The van der Waals surface area contributed by atoms with Crippen LogP contribution in [0.25, 0.3) is 82.8 Å². The van der Waals surface area contributed by atoms with E-state index in [1.165, 1.54) is 99.5 Å². The van der Waals surface area contributed by atoms with E-state index in [0.29, 0.717) is 5.84 Å². The Balaban J connectivity index is 0.884. The number of benzene rings is 11. The summed E-state index contributed by atoms with van der Waals surface area (Å²) in [5.41, 5.74) is 21.1. The second-order valence-electron chi connectivity index (χ2n) is 19.2. The van der Waals surface area contributed by atoms with Gasteiger partial charge in [-0.1, -0.05) is 237 Å². The highest BCUT2D eigenvalue weighted by atomic mass is 15.2. The predicted octanol–water partition coefficient (Wildman–Crippen LogP) is 16.1. The lowest BCUT2D eigenvalue weighted by atomic mass is 9.65. The zero-order valence-electron chi connectivity index (χ0n) is 39.2. The topological polar surface area (TPSA) is 41.7 Å². The molecule has 2 atom stereocenters. The Morgan fingerprint density at radius 3 is 1.83 bits per heavy atom. The predicted molar refractivity (Wildman–Crippen MR) is 297 cm³/mol. The largest absolute Gasteiger partial charge is 0.344 e. The molecule has 15 rings (SSSR count). The van der Waals surface area contributed by atoms with Gasteiger partial charge in [0.25, 0.3) is 0 Å². The van der Waals surface area contributed by atoms with Crippen LogP contribution in [0.1, 0.15) is 45.1 Å². The van der Waals surface area contributed by atoms with Gasteiger partial charge in [0.2, 0.25) is 0 Å². The van der Waals surface area contributed by atoms with E-state index in [9.17, 15) is 0 Å². The quantitative estimate of drug-likeness (QED) is 0.177. The Bertz CT molecular complexity index is 4220. The number of nitrogens with zero attached hydrogens (tertiary/aromatic N) is 3. The van der Waals surface area contributed by atoms with Gasteiger partial charge < -0.3 is 9.88 Å². The van der Waals surface area contributed by atoms with Gasteiger partial charge in [0.1, 0.15) is 12.0 Å². The van der Waals surface area contributed by atoms with Gasteiger partial charge in [-0.15, -0.1) is 0 Å². The smallest absolute Gasteiger partial charge is 0.159 e. The van der Waals surface area contributed by atoms with E-state index in [1.807, 2.05) is 6.07 Å². The first kappa shape index (κ1) is 40.5. The number of aliphatic imine (C=N–C) groups is 2. The minimum Gasteiger partial charge on any atom is -0.344 e. The number of hydrogen-bond donors (Lipinski definition) is 1. The van der Waals surface area contributed by atoms with Crippen LogP contribution in [0.15, 0.2) is 265 Å². The molecule has 2 unspecified atom stereocenters. The monoisotopic (exact) mass is 916 g/mol. The van der Waals surface area contributed by atoms with Crippen molar-refractivity contribution in [2.75, 3.05) is 0 Å². The van der Waals surface area contributed by atoms with Crippen molar-refractivity contribution < 1.29 is 0 Å². The molecule has 1 aromatic heterocycles. The Kier molecular flexibility index (Phi) is 8.90. The lowest BCUT2D eigenvalue weighted by Crippen LogP contribution is -2.33. The summed E-state index contributed by atoms with van der Waals surface area (Å²) in [5, 5.41) is 8.62. The first-order chi connectivity index (χ1) is 35.7. The summed E-state index contributed by atoms with van der Waals surface area (Å²) in [6, 6.07) is 93.2. The van der Waals surface area contributed by atoms with Gasteiger partial charge >= 0.3 is 0 Å². The van der Waals surface area contributed by atoms with Crippen molar-refractivity contribution in [3.8, 4) is 50.2 Å². The second kappa shape index (κ2) is 15.8. The average molecular weight is 917 g/mol. The fourth-order valence-electron chi connectivity index (χ4n) is 12.3. The highest BCUT2D eigenvalue weighted by molar-refractivity contribution is 6.15. The van der Waals surface area contributed by atoms with Gasteiger partial charge in [-0.3, -0.25) is 0 Å². The van der Waals surface area contributed by atoms with Crippen molar-refractivity contribution in [1.82, 2.24) is 9.88 Å². The molecule has 0 bridgehead atoms. The van der Waals surface area contributed by atoms with Crippen LogP contribution in [0.3, 0.4) is 0 Å². The molecule has 0 amide bonds. The number of nitrogens with one attached hydrogen (secondary N) is 1. The fraction of sp³-hybridized carbons (Fsp3) is 0.0294. The van der Waals surface area contributed by atoms with E-state index in [1.54, 1.807) is 0 Å². The van der Waals surface area contributed by atoms with Crippen LogP contribution in [-0.4, -0.2) is 16.2 Å². The molecule has 4 heteroatoms. The zero-order valence-corrected chi connectivity index (χ0v) is 39.2. The maximum atomic E-state index is 5.25. The van der Waals surface area contributed by atoms with Crippen molar-refractivity contribution >= 4 is 44.2 Å². The molecular formula is C68H44N4. The Morgan fingerprint density at radius 1 is 0.389 bits per heavy atom. The molecule has 4 nitrogen and oxygen atoms in total. The maximum absolute atomic E-state index is 5.25. The zero-order chi connectivity index (χ0) is 47.3. The third-order valence-electron chi connectivity index (χ3n) is 15.5. The molecule has 336 valence electrons. The Morgan fingerprint density at radius 2 is 0.986 bits per heavy atom. The van der Waals surface area contributed by atoms with Gasteiger partial charge in [0.05, 0.1) is 22.1 Å². The lowest BCUT2D eigenvalue weighted by molar-refractivity contribution is 0.674. The number of hydrogen-bond acceptors (Lipinski definition) is 3. The first-order valence-electron chi connectivity index (χ1n) is 24.8. The molecule has 2 aliphatic heterocycles. The molecular weight excluding hydrogens is 873 g/mol. The molecule has 0 radical (unpaired) electrons. The van der Waals surface area contributed by atoms with Gasteiger partial charge in [-0.05, 0) is 101 Å². The molecule has 1 N–H and O–H groups in total. The van der Waals surface area contributed by atoms with E-state index in [0.717, 1.165) is 28.1 Å². The fourth-order valence-corrected chi connectivity index (χ4v) is 12.3. The van der Waals surface area contributed by atoms with Crippen molar-refractivity contribution in [3.63, 3.8) is 0 Å². The van der Waals surface area contributed by atoms with Crippen LogP contribution < -0.4 is 5.32 Å². The molecule has 0 fully saturated rings. The minimum absolute atomic E-state index is 0.299. The van der Waals surface area contributed by atoms with E-state index in [2.05, 4.69) is 259 Å². The van der Waals surface area contributed by atoms with Crippen LogP contribution >= 0.6 is 0 Å². The van der Waals surface area contributed by atoms with Crippen molar-refractivity contribution in [3.05, 3.63) is 294 Å². The van der Waals surface area contributed by atoms with Gasteiger partial charge in [-0.2, -0.15) is 0 Å².